The summed E-state index contributed by atoms with van der Waals surface area (Å²) in [5.74, 6) is 0.525. The highest BCUT2D eigenvalue weighted by Gasteiger charge is 2.03. The Balaban J connectivity index is 1.78. The number of pyridine rings is 1. The quantitative estimate of drug-likeness (QED) is 0.838. The number of rotatable bonds is 4. The van der Waals surface area contributed by atoms with Gasteiger partial charge in [-0.2, -0.15) is 0 Å². The van der Waals surface area contributed by atoms with E-state index in [1.807, 2.05) is 30.3 Å². The molecule has 0 radical (unpaired) electrons. The van der Waals surface area contributed by atoms with Crippen molar-refractivity contribution in [2.45, 2.75) is 6.42 Å². The molecule has 1 heterocycles. The number of nitrogens with one attached hydrogen (secondary N) is 2. The normalized spacial score (nSPS) is 9.89. The summed E-state index contributed by atoms with van der Waals surface area (Å²) in [7, 11) is 0. The largest absolute Gasteiger partial charge is 0.449 e. The van der Waals surface area contributed by atoms with Crippen LogP contribution in [0.25, 0.3) is 0 Å². The van der Waals surface area contributed by atoms with Crippen LogP contribution in [0.5, 0.6) is 0 Å². The van der Waals surface area contributed by atoms with Gasteiger partial charge in [-0.05, 0) is 17.7 Å². The number of benzene rings is 1. The standard InChI is InChI=1S/C14H14N2O2S/c17-14(16-12-7-4-8-13(19)15-12)18-10-9-11-5-2-1-3-6-11/h1-8H,9-10H2,(H2,15,16,17,19). The topological polar surface area (TPSA) is 54.1 Å². The van der Waals surface area contributed by atoms with Gasteiger partial charge in [0.15, 0.2) is 0 Å². The van der Waals surface area contributed by atoms with Gasteiger partial charge >= 0.3 is 6.09 Å². The van der Waals surface area contributed by atoms with Crippen molar-refractivity contribution in [3.8, 4) is 0 Å². The summed E-state index contributed by atoms with van der Waals surface area (Å²) in [5, 5.41) is 2.59. The number of H-pyrrole nitrogens is 1. The molecule has 0 spiro atoms. The Morgan fingerprint density at radius 1 is 1.16 bits per heavy atom. The van der Waals surface area contributed by atoms with Crippen molar-refractivity contribution in [1.82, 2.24) is 4.98 Å². The molecule has 19 heavy (non-hydrogen) atoms. The number of aromatic nitrogens is 1. The van der Waals surface area contributed by atoms with Gasteiger partial charge in [0.1, 0.15) is 10.5 Å². The summed E-state index contributed by atoms with van der Waals surface area (Å²) in [6.07, 6.45) is 0.201. The minimum Gasteiger partial charge on any atom is -0.449 e. The van der Waals surface area contributed by atoms with Crippen molar-refractivity contribution in [3.05, 3.63) is 58.7 Å². The fraction of sp³-hybridized carbons (Fsp3) is 0.143. The van der Waals surface area contributed by atoms with Crippen LogP contribution in [0.1, 0.15) is 5.56 Å². The van der Waals surface area contributed by atoms with Gasteiger partial charge in [0.05, 0.1) is 6.61 Å². The number of carbonyl (C=O) groups is 1. The van der Waals surface area contributed by atoms with Gasteiger partial charge in [0.2, 0.25) is 0 Å². The van der Waals surface area contributed by atoms with Gasteiger partial charge in [0.25, 0.3) is 0 Å². The third-order valence-electron chi connectivity index (χ3n) is 2.47. The SMILES string of the molecule is O=C(Nc1cccc(=S)[nH]1)OCCc1ccccc1. The first kappa shape index (κ1) is 13.3. The van der Waals surface area contributed by atoms with Crippen LogP contribution in [0.3, 0.4) is 0 Å². The Kier molecular flexibility index (Phi) is 4.69. The zero-order chi connectivity index (χ0) is 13.5. The van der Waals surface area contributed by atoms with E-state index in [2.05, 4.69) is 10.3 Å². The molecule has 0 aliphatic rings. The zero-order valence-corrected chi connectivity index (χ0v) is 11.1. The predicted molar refractivity (Wildman–Crippen MR) is 76.7 cm³/mol. The van der Waals surface area contributed by atoms with Crippen LogP contribution in [0.4, 0.5) is 10.6 Å². The second-order valence-corrected chi connectivity index (χ2v) is 4.37. The molecular weight excluding hydrogens is 260 g/mol. The number of anilines is 1. The van der Waals surface area contributed by atoms with E-state index in [-0.39, 0.29) is 0 Å². The Morgan fingerprint density at radius 2 is 1.95 bits per heavy atom. The summed E-state index contributed by atoms with van der Waals surface area (Å²) in [6.45, 7) is 0.337. The van der Waals surface area contributed by atoms with E-state index in [1.165, 1.54) is 0 Å². The molecule has 2 rings (SSSR count). The van der Waals surface area contributed by atoms with Gasteiger partial charge in [-0.3, -0.25) is 5.32 Å². The average molecular weight is 274 g/mol. The van der Waals surface area contributed by atoms with Crippen molar-refractivity contribution in [3.63, 3.8) is 0 Å². The Hall–Kier alpha value is -2.14. The van der Waals surface area contributed by atoms with Crippen LogP contribution >= 0.6 is 12.2 Å². The number of hydrogen-bond acceptors (Lipinski definition) is 3. The molecule has 2 N–H and O–H groups in total. The lowest BCUT2D eigenvalue weighted by Crippen LogP contribution is -2.16. The third-order valence-corrected chi connectivity index (χ3v) is 2.71. The number of amides is 1. The van der Waals surface area contributed by atoms with E-state index in [0.29, 0.717) is 23.5 Å². The van der Waals surface area contributed by atoms with E-state index in [9.17, 15) is 4.79 Å². The maximum atomic E-state index is 11.5. The molecule has 0 atom stereocenters. The minimum absolute atomic E-state index is 0.337. The van der Waals surface area contributed by atoms with Crippen LogP contribution in [-0.2, 0) is 11.2 Å². The number of hydrogen-bond donors (Lipinski definition) is 2. The zero-order valence-electron chi connectivity index (χ0n) is 10.3. The van der Waals surface area contributed by atoms with Crippen LogP contribution in [0, 0.1) is 4.64 Å². The van der Waals surface area contributed by atoms with Crippen molar-refractivity contribution in [2.75, 3.05) is 11.9 Å². The summed E-state index contributed by atoms with van der Waals surface area (Å²) in [5.41, 5.74) is 1.13. The lowest BCUT2D eigenvalue weighted by molar-refractivity contribution is 0.163. The van der Waals surface area contributed by atoms with Crippen molar-refractivity contribution < 1.29 is 9.53 Å². The molecule has 4 nitrogen and oxygen atoms in total. The summed E-state index contributed by atoms with van der Waals surface area (Å²) >= 11 is 4.96. The van der Waals surface area contributed by atoms with E-state index < -0.39 is 6.09 Å². The molecule has 98 valence electrons. The van der Waals surface area contributed by atoms with E-state index in [1.54, 1.807) is 18.2 Å². The predicted octanol–water partition coefficient (Wildman–Crippen LogP) is 3.54. The number of ether oxygens (including phenoxy) is 1. The highest BCUT2D eigenvalue weighted by molar-refractivity contribution is 7.71. The first-order valence-electron chi connectivity index (χ1n) is 5.91. The van der Waals surface area contributed by atoms with Gasteiger partial charge < -0.3 is 9.72 Å². The lowest BCUT2D eigenvalue weighted by Gasteiger charge is -2.06. The molecule has 1 amide bonds. The third kappa shape index (κ3) is 4.56. The highest BCUT2D eigenvalue weighted by atomic mass is 32.1. The Morgan fingerprint density at radius 3 is 2.68 bits per heavy atom. The first-order valence-corrected chi connectivity index (χ1v) is 6.32. The number of aromatic amines is 1. The van der Waals surface area contributed by atoms with Crippen LogP contribution < -0.4 is 5.32 Å². The maximum Gasteiger partial charge on any atom is 0.412 e. The van der Waals surface area contributed by atoms with Gasteiger partial charge in [-0.25, -0.2) is 4.79 Å². The monoisotopic (exact) mass is 274 g/mol. The van der Waals surface area contributed by atoms with E-state index in [0.717, 1.165) is 5.56 Å². The van der Waals surface area contributed by atoms with Crippen molar-refractivity contribution >= 4 is 24.1 Å². The molecule has 1 aromatic heterocycles. The molecule has 1 aromatic carbocycles. The van der Waals surface area contributed by atoms with Gasteiger partial charge in [-0.1, -0.05) is 48.6 Å². The molecule has 0 saturated carbocycles. The maximum absolute atomic E-state index is 11.5. The molecule has 0 aliphatic heterocycles. The second kappa shape index (κ2) is 6.70. The molecule has 0 unspecified atom stereocenters. The summed E-state index contributed by atoms with van der Waals surface area (Å²) in [6, 6.07) is 15.1. The molecule has 5 heteroatoms. The number of carbonyl (C=O) groups excluding carboxylic acids is 1. The summed E-state index contributed by atoms with van der Waals surface area (Å²) < 4.78 is 5.64. The molecule has 0 bridgehead atoms. The van der Waals surface area contributed by atoms with Crippen molar-refractivity contribution in [2.24, 2.45) is 0 Å². The minimum atomic E-state index is -0.493. The Bertz CT molecular complexity index is 596. The Labute approximate surface area is 116 Å². The average Bonchev–Trinajstić information content (AvgIpc) is 2.40. The molecule has 2 aromatic rings. The highest BCUT2D eigenvalue weighted by Crippen LogP contribution is 2.03. The fourth-order valence-corrected chi connectivity index (χ4v) is 1.76. The molecule has 0 fully saturated rings. The summed E-state index contributed by atoms with van der Waals surface area (Å²) in [4.78, 5) is 14.4. The molecule has 0 aliphatic carbocycles. The van der Waals surface area contributed by atoms with Crippen LogP contribution in [0.2, 0.25) is 0 Å². The molecular formula is C14H14N2O2S. The molecule has 0 saturated heterocycles. The fourth-order valence-electron chi connectivity index (χ4n) is 1.57. The smallest absolute Gasteiger partial charge is 0.412 e. The van der Waals surface area contributed by atoms with E-state index in [4.69, 9.17) is 17.0 Å². The van der Waals surface area contributed by atoms with Gasteiger partial charge in [0, 0.05) is 6.42 Å². The first-order chi connectivity index (χ1) is 9.24. The second-order valence-electron chi connectivity index (χ2n) is 3.93. The lowest BCUT2D eigenvalue weighted by atomic mass is 10.2. The van der Waals surface area contributed by atoms with Crippen molar-refractivity contribution in [1.29, 1.82) is 0 Å². The van der Waals surface area contributed by atoms with Gasteiger partial charge in [-0.15, -0.1) is 0 Å². The van der Waals surface area contributed by atoms with E-state index >= 15 is 0 Å². The van der Waals surface area contributed by atoms with Crippen LogP contribution in [0.15, 0.2) is 48.5 Å². The van der Waals surface area contributed by atoms with Crippen LogP contribution in [-0.4, -0.2) is 17.7 Å².